The summed E-state index contributed by atoms with van der Waals surface area (Å²) in [6, 6.07) is 7.78. The third kappa shape index (κ3) is 4.40. The molecule has 0 saturated heterocycles. The van der Waals surface area contributed by atoms with E-state index in [4.69, 9.17) is 17.0 Å². The molecule has 0 radical (unpaired) electrons. The maximum atomic E-state index is 5.39. The fourth-order valence-corrected chi connectivity index (χ4v) is 2.17. The van der Waals surface area contributed by atoms with Crippen LogP contribution in [0.15, 0.2) is 35.4 Å². The lowest BCUT2D eigenvalue weighted by Gasteiger charge is -2.07. The summed E-state index contributed by atoms with van der Waals surface area (Å²) in [4.78, 5) is 0.831. The van der Waals surface area contributed by atoms with Gasteiger partial charge in [0.15, 0.2) is 0 Å². The summed E-state index contributed by atoms with van der Waals surface area (Å²) in [5.74, 6) is 0.845. The van der Waals surface area contributed by atoms with Crippen LogP contribution in [0.5, 0.6) is 5.75 Å². The zero-order valence-electron chi connectivity index (χ0n) is 10.3. The molecule has 17 heavy (non-hydrogen) atoms. The number of rotatable bonds is 6. The summed E-state index contributed by atoms with van der Waals surface area (Å²) in [6.45, 7) is 2.97. The lowest BCUT2D eigenvalue weighted by atomic mass is 10.1. The molecule has 0 atom stereocenters. The van der Waals surface area contributed by atoms with Crippen molar-refractivity contribution in [3.05, 3.63) is 40.9 Å². The van der Waals surface area contributed by atoms with Gasteiger partial charge in [-0.2, -0.15) is 0 Å². The molecule has 0 spiro atoms. The van der Waals surface area contributed by atoms with Crippen molar-refractivity contribution >= 4 is 28.8 Å². The van der Waals surface area contributed by atoms with Crippen LogP contribution in [0.3, 0.4) is 0 Å². The Morgan fingerprint density at radius 2 is 2.06 bits per heavy atom. The monoisotopic (exact) mass is 267 g/mol. The Balaban J connectivity index is 2.80. The van der Waals surface area contributed by atoms with Gasteiger partial charge in [0.1, 0.15) is 5.75 Å². The van der Waals surface area contributed by atoms with Crippen LogP contribution in [0.1, 0.15) is 12.5 Å². The molecule has 0 aliphatic carbocycles. The van der Waals surface area contributed by atoms with Crippen molar-refractivity contribution in [2.75, 3.05) is 19.9 Å². The van der Waals surface area contributed by atoms with E-state index in [1.807, 2.05) is 36.6 Å². The fourth-order valence-electron chi connectivity index (χ4n) is 1.31. The molecule has 0 aromatic heterocycles. The molecule has 0 fully saturated rings. The molecule has 1 rings (SSSR count). The minimum atomic E-state index is 0.831. The third-order valence-electron chi connectivity index (χ3n) is 2.21. The molecular weight excluding hydrogens is 250 g/mol. The molecule has 2 nitrogen and oxygen atoms in total. The van der Waals surface area contributed by atoms with Gasteiger partial charge in [0.05, 0.1) is 12.1 Å². The van der Waals surface area contributed by atoms with E-state index in [-0.39, 0.29) is 0 Å². The highest BCUT2D eigenvalue weighted by molar-refractivity contribution is 8.02. The molecule has 92 valence electrons. The lowest BCUT2D eigenvalue weighted by molar-refractivity contribution is 0.415. The number of hydrogen-bond donors (Lipinski definition) is 1. The van der Waals surface area contributed by atoms with E-state index in [1.165, 1.54) is 0 Å². The van der Waals surface area contributed by atoms with Crippen LogP contribution in [0.2, 0.25) is 0 Å². The summed E-state index contributed by atoms with van der Waals surface area (Å²) in [5, 5.41) is 4.36. The van der Waals surface area contributed by atoms with Crippen molar-refractivity contribution in [2.24, 2.45) is 0 Å². The van der Waals surface area contributed by atoms with Crippen molar-refractivity contribution in [1.82, 2.24) is 5.32 Å². The predicted molar refractivity (Wildman–Crippen MR) is 80.0 cm³/mol. The second kappa shape index (κ2) is 7.35. The number of benzene rings is 1. The minimum absolute atomic E-state index is 0.831. The standard InChI is InChI=1S/C13H17NOS2/c1-4-14-13(17-3)9-12(16)10-5-7-11(15-2)8-6-10/h5-9,14H,4H2,1-3H3/b13-9+. The van der Waals surface area contributed by atoms with E-state index in [9.17, 15) is 0 Å². The van der Waals surface area contributed by atoms with Gasteiger partial charge < -0.3 is 10.1 Å². The minimum Gasteiger partial charge on any atom is -0.497 e. The lowest BCUT2D eigenvalue weighted by Crippen LogP contribution is -2.10. The molecule has 1 aromatic carbocycles. The van der Waals surface area contributed by atoms with Crippen molar-refractivity contribution < 1.29 is 4.74 Å². The molecule has 0 amide bonds. The first-order chi connectivity index (χ1) is 8.21. The molecule has 0 bridgehead atoms. The van der Waals surface area contributed by atoms with E-state index in [0.717, 1.165) is 27.8 Å². The maximum absolute atomic E-state index is 5.39. The molecule has 0 saturated carbocycles. The summed E-state index contributed by atoms with van der Waals surface area (Å²) < 4.78 is 5.11. The number of hydrogen-bond acceptors (Lipinski definition) is 4. The molecule has 1 N–H and O–H groups in total. The number of allylic oxidation sites excluding steroid dienone is 1. The van der Waals surface area contributed by atoms with E-state index in [2.05, 4.69) is 12.2 Å². The Bertz CT molecular complexity index is 398. The third-order valence-corrected chi connectivity index (χ3v) is 3.26. The van der Waals surface area contributed by atoms with Crippen LogP contribution in [-0.2, 0) is 0 Å². The Labute approximate surface area is 112 Å². The number of thiocarbonyl (C=S) groups is 1. The van der Waals surface area contributed by atoms with Gasteiger partial charge in [-0.15, -0.1) is 11.8 Å². The molecule has 1 aromatic rings. The second-order valence-electron chi connectivity index (χ2n) is 3.34. The molecule has 4 heteroatoms. The summed E-state index contributed by atoms with van der Waals surface area (Å²) in [7, 11) is 1.66. The number of thioether (sulfide) groups is 1. The Morgan fingerprint density at radius 3 is 2.53 bits per heavy atom. The molecular formula is C13H17NOS2. The SMILES string of the molecule is CCN/C(=C\C(=S)c1ccc(OC)cc1)SC. The average Bonchev–Trinajstić information content (AvgIpc) is 2.38. The Hall–Kier alpha value is -1.00. The fraction of sp³-hybridized carbons (Fsp3) is 0.308. The Morgan fingerprint density at radius 1 is 1.41 bits per heavy atom. The van der Waals surface area contributed by atoms with Gasteiger partial charge in [-0.3, -0.25) is 0 Å². The first kappa shape index (κ1) is 14.1. The van der Waals surface area contributed by atoms with Gasteiger partial charge in [0.25, 0.3) is 0 Å². The van der Waals surface area contributed by atoms with E-state index in [0.29, 0.717) is 0 Å². The Kier molecular flexibility index (Phi) is 6.08. The topological polar surface area (TPSA) is 21.3 Å². The van der Waals surface area contributed by atoms with Gasteiger partial charge >= 0.3 is 0 Å². The van der Waals surface area contributed by atoms with E-state index in [1.54, 1.807) is 18.9 Å². The number of nitrogens with one attached hydrogen (secondary N) is 1. The normalized spacial score (nSPS) is 11.1. The van der Waals surface area contributed by atoms with Crippen molar-refractivity contribution in [3.8, 4) is 5.75 Å². The molecule has 0 aliphatic heterocycles. The first-order valence-electron chi connectivity index (χ1n) is 5.39. The van der Waals surface area contributed by atoms with Gasteiger partial charge in [-0.1, -0.05) is 12.2 Å². The van der Waals surface area contributed by atoms with E-state index < -0.39 is 0 Å². The smallest absolute Gasteiger partial charge is 0.118 e. The summed E-state index contributed by atoms with van der Waals surface area (Å²) in [6.07, 6.45) is 4.02. The molecule has 0 heterocycles. The largest absolute Gasteiger partial charge is 0.497 e. The van der Waals surface area contributed by atoms with Gasteiger partial charge in [0.2, 0.25) is 0 Å². The summed E-state index contributed by atoms with van der Waals surface area (Å²) >= 11 is 7.05. The zero-order valence-corrected chi connectivity index (χ0v) is 12.0. The van der Waals surface area contributed by atoms with Crippen molar-refractivity contribution in [2.45, 2.75) is 6.92 Å². The maximum Gasteiger partial charge on any atom is 0.118 e. The van der Waals surface area contributed by atoms with E-state index >= 15 is 0 Å². The predicted octanol–water partition coefficient (Wildman–Crippen LogP) is 3.23. The van der Waals surface area contributed by atoms with Gasteiger partial charge in [-0.25, -0.2) is 0 Å². The van der Waals surface area contributed by atoms with Crippen LogP contribution >= 0.6 is 24.0 Å². The second-order valence-corrected chi connectivity index (χ2v) is 4.62. The van der Waals surface area contributed by atoms with Crippen LogP contribution in [0.4, 0.5) is 0 Å². The highest BCUT2D eigenvalue weighted by Crippen LogP contribution is 2.15. The molecule has 0 aliphatic rings. The van der Waals surface area contributed by atoms with Crippen LogP contribution in [-0.4, -0.2) is 24.8 Å². The average molecular weight is 267 g/mol. The number of methoxy groups -OCH3 is 1. The summed E-state index contributed by atoms with van der Waals surface area (Å²) in [5.41, 5.74) is 1.03. The van der Waals surface area contributed by atoms with Crippen molar-refractivity contribution in [1.29, 1.82) is 0 Å². The highest BCUT2D eigenvalue weighted by atomic mass is 32.2. The first-order valence-corrected chi connectivity index (χ1v) is 7.02. The zero-order chi connectivity index (χ0) is 12.7. The molecule has 0 unspecified atom stereocenters. The van der Waals surface area contributed by atoms with Gasteiger partial charge in [-0.05, 0) is 49.1 Å². The van der Waals surface area contributed by atoms with Crippen LogP contribution < -0.4 is 10.1 Å². The quantitative estimate of drug-likeness (QED) is 0.485. The van der Waals surface area contributed by atoms with Gasteiger partial charge in [0, 0.05) is 11.4 Å². The van der Waals surface area contributed by atoms with Crippen LogP contribution in [0, 0.1) is 0 Å². The van der Waals surface area contributed by atoms with Crippen LogP contribution in [0.25, 0.3) is 0 Å². The highest BCUT2D eigenvalue weighted by Gasteiger charge is 2.01. The number of ether oxygens (including phenoxy) is 1. The van der Waals surface area contributed by atoms with Crippen molar-refractivity contribution in [3.63, 3.8) is 0 Å².